The molecule has 0 saturated heterocycles. The highest BCUT2D eigenvalue weighted by Crippen LogP contribution is 2.29. The van der Waals surface area contributed by atoms with Gasteiger partial charge in [-0.05, 0) is 37.6 Å². The Morgan fingerprint density at radius 1 is 1.28 bits per heavy atom. The molecular weight excluding hydrogens is 245 g/mol. The summed E-state index contributed by atoms with van der Waals surface area (Å²) in [7, 11) is 0. The molecule has 0 aromatic heterocycles. The molecule has 1 rings (SSSR count). The van der Waals surface area contributed by atoms with Gasteiger partial charge in [0.05, 0.1) is 11.1 Å². The third-order valence-electron chi connectivity index (χ3n) is 2.72. The Labute approximate surface area is 103 Å². The van der Waals surface area contributed by atoms with Gasteiger partial charge < -0.3 is 11.1 Å². The van der Waals surface area contributed by atoms with E-state index < -0.39 is 23.2 Å². The van der Waals surface area contributed by atoms with Crippen LogP contribution in [0.5, 0.6) is 0 Å². The molecule has 0 heterocycles. The van der Waals surface area contributed by atoms with Crippen LogP contribution < -0.4 is 11.1 Å². The van der Waals surface area contributed by atoms with Crippen LogP contribution in [0.25, 0.3) is 0 Å². The van der Waals surface area contributed by atoms with Crippen LogP contribution in [0.3, 0.4) is 0 Å². The molecule has 1 atom stereocenters. The fraction of sp³-hybridized carbons (Fsp3) is 0.417. The van der Waals surface area contributed by atoms with Crippen molar-refractivity contribution in [2.24, 2.45) is 5.73 Å². The van der Waals surface area contributed by atoms with Gasteiger partial charge in [-0.3, -0.25) is 4.79 Å². The number of carbonyl (C=O) groups is 1. The largest absolute Gasteiger partial charge is 0.416 e. The number of rotatable bonds is 3. The first kappa shape index (κ1) is 14.5. The van der Waals surface area contributed by atoms with Crippen LogP contribution in [0.4, 0.5) is 18.9 Å². The summed E-state index contributed by atoms with van der Waals surface area (Å²) in [6.07, 6.45) is -3.95. The Kier molecular flexibility index (Phi) is 4.01. The second kappa shape index (κ2) is 4.97. The Bertz CT molecular complexity index is 424. The van der Waals surface area contributed by atoms with Crippen LogP contribution in [0, 0.1) is 0 Å². The molecular formula is C12H15F3N2O. The molecule has 0 radical (unpaired) electrons. The summed E-state index contributed by atoms with van der Waals surface area (Å²) in [6.45, 7) is 3.32. The quantitative estimate of drug-likeness (QED) is 0.878. The number of nitrogens with one attached hydrogen (secondary N) is 1. The Morgan fingerprint density at radius 2 is 1.78 bits per heavy atom. The third-order valence-corrected chi connectivity index (χ3v) is 2.72. The van der Waals surface area contributed by atoms with Gasteiger partial charge in [-0.25, -0.2) is 0 Å². The maximum atomic E-state index is 12.3. The van der Waals surface area contributed by atoms with Crippen molar-refractivity contribution in [3.05, 3.63) is 29.8 Å². The fourth-order valence-corrected chi connectivity index (χ4v) is 1.18. The zero-order valence-electron chi connectivity index (χ0n) is 10.1. The van der Waals surface area contributed by atoms with Crippen molar-refractivity contribution >= 4 is 11.6 Å². The molecule has 0 spiro atoms. The first-order valence-electron chi connectivity index (χ1n) is 5.44. The number of hydrogen-bond acceptors (Lipinski definition) is 2. The second-order valence-corrected chi connectivity index (χ2v) is 4.30. The van der Waals surface area contributed by atoms with Crippen molar-refractivity contribution in [1.82, 2.24) is 0 Å². The average molecular weight is 260 g/mol. The molecule has 100 valence electrons. The van der Waals surface area contributed by atoms with E-state index in [9.17, 15) is 18.0 Å². The van der Waals surface area contributed by atoms with Crippen molar-refractivity contribution in [2.75, 3.05) is 5.32 Å². The molecule has 0 bridgehead atoms. The van der Waals surface area contributed by atoms with Gasteiger partial charge in [0.25, 0.3) is 0 Å². The molecule has 6 heteroatoms. The first-order chi connectivity index (χ1) is 8.16. The van der Waals surface area contributed by atoms with E-state index in [0.717, 1.165) is 12.1 Å². The molecule has 18 heavy (non-hydrogen) atoms. The topological polar surface area (TPSA) is 55.1 Å². The number of anilines is 1. The lowest BCUT2D eigenvalue weighted by Gasteiger charge is -2.21. The molecule has 3 nitrogen and oxygen atoms in total. The van der Waals surface area contributed by atoms with Gasteiger partial charge in [0.15, 0.2) is 0 Å². The van der Waals surface area contributed by atoms with E-state index in [1.54, 1.807) is 13.8 Å². The maximum absolute atomic E-state index is 12.3. The van der Waals surface area contributed by atoms with Crippen LogP contribution in [0.2, 0.25) is 0 Å². The average Bonchev–Trinajstić information content (AvgIpc) is 2.28. The molecule has 0 aliphatic carbocycles. The number of carbonyl (C=O) groups excluding carboxylic acids is 1. The van der Waals surface area contributed by atoms with E-state index in [4.69, 9.17) is 5.73 Å². The lowest BCUT2D eigenvalue weighted by molar-refractivity contribution is -0.137. The molecule has 0 fully saturated rings. The lowest BCUT2D eigenvalue weighted by Crippen LogP contribution is -2.47. The van der Waals surface area contributed by atoms with Gasteiger partial charge in [-0.1, -0.05) is 6.92 Å². The van der Waals surface area contributed by atoms with Crippen LogP contribution in [0.15, 0.2) is 24.3 Å². The van der Waals surface area contributed by atoms with Crippen molar-refractivity contribution in [2.45, 2.75) is 32.0 Å². The van der Waals surface area contributed by atoms with Gasteiger partial charge >= 0.3 is 6.18 Å². The summed E-state index contributed by atoms with van der Waals surface area (Å²) in [6, 6.07) is 4.23. The van der Waals surface area contributed by atoms with Crippen molar-refractivity contribution < 1.29 is 18.0 Å². The second-order valence-electron chi connectivity index (χ2n) is 4.30. The van der Waals surface area contributed by atoms with E-state index in [0.29, 0.717) is 6.42 Å². The number of amides is 1. The smallest absolute Gasteiger partial charge is 0.325 e. The van der Waals surface area contributed by atoms with Gasteiger partial charge in [0, 0.05) is 5.69 Å². The molecule has 0 saturated carbocycles. The van der Waals surface area contributed by atoms with Crippen molar-refractivity contribution in [1.29, 1.82) is 0 Å². The summed E-state index contributed by atoms with van der Waals surface area (Å²) in [4.78, 5) is 11.7. The van der Waals surface area contributed by atoms with Gasteiger partial charge in [-0.15, -0.1) is 0 Å². The zero-order chi connectivity index (χ0) is 14.0. The summed E-state index contributed by atoms with van der Waals surface area (Å²) in [5.74, 6) is -0.426. The van der Waals surface area contributed by atoms with E-state index in [2.05, 4.69) is 5.32 Å². The van der Waals surface area contributed by atoms with Gasteiger partial charge in [-0.2, -0.15) is 13.2 Å². The molecule has 1 aromatic rings. The predicted molar refractivity (Wildman–Crippen MR) is 63.0 cm³/mol. The van der Waals surface area contributed by atoms with E-state index in [1.807, 2.05) is 0 Å². The number of hydrogen-bond donors (Lipinski definition) is 2. The van der Waals surface area contributed by atoms with E-state index in [-0.39, 0.29) is 5.69 Å². The highest BCUT2D eigenvalue weighted by molar-refractivity contribution is 5.97. The minimum Gasteiger partial charge on any atom is -0.325 e. The SMILES string of the molecule is CCC(C)(N)C(=O)Nc1ccc(C(F)(F)F)cc1. The standard InChI is InChI=1S/C12H15F3N2O/c1-3-11(2,16)10(18)17-9-6-4-8(5-7-9)12(13,14)15/h4-7H,3,16H2,1-2H3,(H,17,18). The summed E-state index contributed by atoms with van der Waals surface area (Å²) in [5, 5.41) is 2.48. The predicted octanol–water partition coefficient (Wildman–Crippen LogP) is 2.77. The van der Waals surface area contributed by atoms with Crippen LogP contribution in [-0.2, 0) is 11.0 Å². The zero-order valence-corrected chi connectivity index (χ0v) is 10.1. The Morgan fingerprint density at radius 3 is 2.17 bits per heavy atom. The molecule has 1 aromatic carbocycles. The van der Waals surface area contributed by atoms with Crippen molar-refractivity contribution in [3.8, 4) is 0 Å². The molecule has 0 aliphatic heterocycles. The van der Waals surface area contributed by atoms with Crippen LogP contribution in [0.1, 0.15) is 25.8 Å². The van der Waals surface area contributed by atoms with E-state index in [1.165, 1.54) is 12.1 Å². The third kappa shape index (κ3) is 3.46. The molecule has 1 unspecified atom stereocenters. The van der Waals surface area contributed by atoms with Gasteiger partial charge in [0.1, 0.15) is 0 Å². The number of halogens is 3. The highest BCUT2D eigenvalue weighted by atomic mass is 19.4. The summed E-state index contributed by atoms with van der Waals surface area (Å²) < 4.78 is 37.0. The minimum atomic E-state index is -4.38. The molecule has 1 amide bonds. The fourth-order valence-electron chi connectivity index (χ4n) is 1.18. The maximum Gasteiger partial charge on any atom is 0.416 e. The Balaban J connectivity index is 2.79. The Hall–Kier alpha value is -1.56. The summed E-state index contributed by atoms with van der Waals surface area (Å²) >= 11 is 0. The molecule has 3 N–H and O–H groups in total. The van der Waals surface area contributed by atoms with Crippen molar-refractivity contribution in [3.63, 3.8) is 0 Å². The monoisotopic (exact) mass is 260 g/mol. The highest BCUT2D eigenvalue weighted by Gasteiger charge is 2.30. The number of nitrogens with two attached hydrogens (primary N) is 1. The number of benzene rings is 1. The molecule has 0 aliphatic rings. The minimum absolute atomic E-state index is 0.290. The first-order valence-corrected chi connectivity index (χ1v) is 5.44. The van der Waals surface area contributed by atoms with Crippen LogP contribution >= 0.6 is 0 Å². The van der Waals surface area contributed by atoms with Crippen LogP contribution in [-0.4, -0.2) is 11.4 Å². The van der Waals surface area contributed by atoms with E-state index >= 15 is 0 Å². The summed E-state index contributed by atoms with van der Waals surface area (Å²) in [5.41, 5.74) is 4.21. The number of alkyl halides is 3. The normalized spacial score (nSPS) is 15.0. The van der Waals surface area contributed by atoms with Gasteiger partial charge in [0.2, 0.25) is 5.91 Å². The lowest BCUT2D eigenvalue weighted by atomic mass is 9.99.